The second-order valence-corrected chi connectivity index (χ2v) is 9.03. The van der Waals surface area contributed by atoms with Gasteiger partial charge in [-0.15, -0.1) is 0 Å². The van der Waals surface area contributed by atoms with Crippen molar-refractivity contribution >= 4 is 27.5 Å². The number of fused-ring (bicyclic) bond motifs is 2. The molecule has 1 aromatic carbocycles. The van der Waals surface area contributed by atoms with Gasteiger partial charge in [0, 0.05) is 30.4 Å². The monoisotopic (exact) mass is 414 g/mol. The highest BCUT2D eigenvalue weighted by atomic mass is 32.2. The Morgan fingerprint density at radius 3 is 2.72 bits per heavy atom. The highest BCUT2D eigenvalue weighted by Crippen LogP contribution is 2.39. The number of ether oxygens (including phenoxy) is 1. The number of hydrogen-bond donors (Lipinski definition) is 1. The molecule has 0 bridgehead atoms. The fourth-order valence-electron chi connectivity index (χ4n) is 4.21. The van der Waals surface area contributed by atoms with Crippen LogP contribution in [0.25, 0.3) is 11.0 Å². The van der Waals surface area contributed by atoms with Gasteiger partial charge in [0.05, 0.1) is 22.5 Å². The average Bonchev–Trinajstić information content (AvgIpc) is 3.46. The van der Waals surface area contributed by atoms with Crippen LogP contribution in [0.3, 0.4) is 0 Å². The number of pyridine rings is 1. The first-order valence-electron chi connectivity index (χ1n) is 9.61. The van der Waals surface area contributed by atoms with Crippen molar-refractivity contribution in [1.82, 2.24) is 8.96 Å². The lowest BCUT2D eigenvalue weighted by molar-refractivity contribution is -0.122. The molecule has 1 aliphatic carbocycles. The van der Waals surface area contributed by atoms with Gasteiger partial charge in [-0.1, -0.05) is 18.9 Å². The molecule has 29 heavy (non-hydrogen) atoms. The van der Waals surface area contributed by atoms with Gasteiger partial charge in [-0.2, -0.15) is 0 Å². The number of nitrogens with zero attached hydrogens (tertiary/aromatic N) is 2. The molecule has 1 aliphatic heterocycles. The maximum absolute atomic E-state index is 13.4. The minimum Gasteiger partial charge on any atom is -0.493 e. The van der Waals surface area contributed by atoms with E-state index in [-0.39, 0.29) is 11.4 Å². The zero-order chi connectivity index (χ0) is 20.4. The van der Waals surface area contributed by atoms with Crippen molar-refractivity contribution in [3.05, 3.63) is 53.9 Å². The van der Waals surface area contributed by atoms with Gasteiger partial charge in [0.2, 0.25) is 0 Å². The molecule has 8 heteroatoms. The lowest BCUT2D eigenvalue weighted by Gasteiger charge is -2.09. The van der Waals surface area contributed by atoms with Gasteiger partial charge in [-0.25, -0.2) is 12.4 Å². The Kier molecular flexibility index (Phi) is 5.27. The van der Waals surface area contributed by atoms with E-state index in [0.29, 0.717) is 23.8 Å². The molecule has 2 aliphatic rings. The summed E-state index contributed by atoms with van der Waals surface area (Å²) in [6.45, 7) is 0.362. The predicted octanol–water partition coefficient (Wildman–Crippen LogP) is 3.57. The minimum atomic E-state index is -3.70. The van der Waals surface area contributed by atoms with Gasteiger partial charge in [-0.3, -0.25) is 9.78 Å². The molecule has 3 aromatic rings. The van der Waals surface area contributed by atoms with Crippen molar-refractivity contribution in [2.24, 2.45) is 0 Å². The minimum absolute atomic E-state index is 0.250. The molecule has 0 atom stereocenters. The van der Waals surface area contributed by atoms with E-state index in [2.05, 4.69) is 4.98 Å². The predicted molar refractivity (Wildman–Crippen MR) is 108 cm³/mol. The van der Waals surface area contributed by atoms with E-state index in [1.807, 2.05) is 12.1 Å². The van der Waals surface area contributed by atoms with E-state index in [9.17, 15) is 8.42 Å². The van der Waals surface area contributed by atoms with Crippen LogP contribution in [0.2, 0.25) is 0 Å². The Labute approximate surface area is 169 Å². The van der Waals surface area contributed by atoms with E-state index >= 15 is 0 Å². The molecule has 1 saturated carbocycles. The van der Waals surface area contributed by atoms with Crippen LogP contribution in [0.5, 0.6) is 5.75 Å². The van der Waals surface area contributed by atoms with Crippen LogP contribution in [0.4, 0.5) is 0 Å². The van der Waals surface area contributed by atoms with Crippen molar-refractivity contribution in [3.8, 4) is 5.75 Å². The first kappa shape index (κ1) is 19.4. The molecule has 0 amide bonds. The Hall–Kier alpha value is -2.87. The van der Waals surface area contributed by atoms with Crippen molar-refractivity contribution in [1.29, 1.82) is 0 Å². The Morgan fingerprint density at radius 2 is 1.97 bits per heavy atom. The molecule has 152 valence electrons. The van der Waals surface area contributed by atoms with Crippen LogP contribution < -0.4 is 4.74 Å². The second-order valence-electron chi connectivity index (χ2n) is 7.21. The molecular formula is C21H22N2O5S. The molecule has 0 saturated heterocycles. The molecule has 2 aromatic heterocycles. The van der Waals surface area contributed by atoms with Gasteiger partial charge in [0.25, 0.3) is 16.5 Å². The molecule has 1 N–H and O–H groups in total. The van der Waals surface area contributed by atoms with Gasteiger partial charge < -0.3 is 9.84 Å². The fraction of sp³-hybridized carbons (Fsp3) is 0.333. The van der Waals surface area contributed by atoms with Crippen LogP contribution in [-0.4, -0.2) is 35.6 Å². The largest absolute Gasteiger partial charge is 0.493 e. The molecule has 0 spiro atoms. The van der Waals surface area contributed by atoms with E-state index < -0.39 is 10.0 Å². The van der Waals surface area contributed by atoms with E-state index in [1.54, 1.807) is 30.6 Å². The van der Waals surface area contributed by atoms with Crippen molar-refractivity contribution in [2.75, 3.05) is 6.61 Å². The van der Waals surface area contributed by atoms with Crippen LogP contribution in [0.15, 0.2) is 47.6 Å². The van der Waals surface area contributed by atoms with E-state index in [1.165, 1.54) is 16.8 Å². The van der Waals surface area contributed by atoms with Crippen LogP contribution in [0.1, 0.15) is 42.7 Å². The number of aromatic nitrogens is 2. The molecule has 0 unspecified atom stereocenters. The maximum atomic E-state index is 13.4. The number of carbonyl (C=O) groups is 1. The van der Waals surface area contributed by atoms with Crippen molar-refractivity contribution in [3.63, 3.8) is 0 Å². The number of carboxylic acid groups (broad SMARTS) is 1. The lowest BCUT2D eigenvalue weighted by atomic mass is 10.00. The summed E-state index contributed by atoms with van der Waals surface area (Å²) in [5.74, 6) is 1.07. The topological polar surface area (TPSA) is 98.5 Å². The molecule has 3 heterocycles. The van der Waals surface area contributed by atoms with Gasteiger partial charge >= 0.3 is 0 Å². The number of hydrogen-bond acceptors (Lipinski definition) is 5. The summed E-state index contributed by atoms with van der Waals surface area (Å²) in [7, 11) is -3.70. The summed E-state index contributed by atoms with van der Waals surface area (Å²) in [5.41, 5.74) is 3.57. The smallest absolute Gasteiger partial charge is 0.290 e. The summed E-state index contributed by atoms with van der Waals surface area (Å²) in [5, 5.41) is 6.89. The Bertz CT molecular complexity index is 1150. The third-order valence-corrected chi connectivity index (χ3v) is 7.24. The Morgan fingerprint density at radius 1 is 1.21 bits per heavy atom. The SMILES string of the molecule is O=CO.O=S(=O)(c1ccc2c(c1)OCC2)n1cc(C2CCCC2)c2ncccc21. The van der Waals surface area contributed by atoms with Crippen LogP contribution >= 0.6 is 0 Å². The summed E-state index contributed by atoms with van der Waals surface area (Å²) >= 11 is 0. The number of benzene rings is 1. The quantitative estimate of drug-likeness (QED) is 0.658. The Balaban J connectivity index is 0.000000645. The third kappa shape index (κ3) is 3.48. The van der Waals surface area contributed by atoms with Gasteiger partial charge in [-0.05, 0) is 42.5 Å². The average molecular weight is 414 g/mol. The van der Waals surface area contributed by atoms with Gasteiger partial charge in [0.1, 0.15) is 5.75 Å². The molecule has 1 fully saturated rings. The zero-order valence-electron chi connectivity index (χ0n) is 15.8. The molecule has 5 rings (SSSR count). The summed E-state index contributed by atoms with van der Waals surface area (Å²) in [6, 6.07) is 8.81. The zero-order valence-corrected chi connectivity index (χ0v) is 16.6. The standard InChI is InChI=1S/C20H20N2O3S.CH2O2/c23-26(24,16-8-7-15-9-11-25-19(15)12-16)22-13-17(14-4-1-2-5-14)20-18(22)6-3-10-21-20;2-1-3/h3,6-8,10,12-14H,1-2,4-5,9,11H2;1H,(H,2,3). The highest BCUT2D eigenvalue weighted by Gasteiger charge is 2.27. The highest BCUT2D eigenvalue weighted by molar-refractivity contribution is 7.90. The van der Waals surface area contributed by atoms with E-state index in [4.69, 9.17) is 14.6 Å². The molecular weight excluding hydrogens is 392 g/mol. The third-order valence-electron chi connectivity index (χ3n) is 5.57. The van der Waals surface area contributed by atoms with Crippen LogP contribution in [0, 0.1) is 0 Å². The van der Waals surface area contributed by atoms with Crippen LogP contribution in [-0.2, 0) is 21.2 Å². The molecule has 7 nitrogen and oxygen atoms in total. The van der Waals surface area contributed by atoms with Crippen molar-refractivity contribution < 1.29 is 23.1 Å². The first-order chi connectivity index (χ1) is 14.1. The summed E-state index contributed by atoms with van der Waals surface area (Å²) in [4.78, 5) is 13.1. The first-order valence-corrected chi connectivity index (χ1v) is 11.1. The maximum Gasteiger partial charge on any atom is 0.290 e. The van der Waals surface area contributed by atoms with E-state index in [0.717, 1.165) is 35.9 Å². The summed E-state index contributed by atoms with van der Waals surface area (Å²) < 4.78 is 33.7. The van der Waals surface area contributed by atoms with Gasteiger partial charge in [0.15, 0.2) is 0 Å². The lowest BCUT2D eigenvalue weighted by Crippen LogP contribution is -2.12. The fourth-order valence-corrected chi connectivity index (χ4v) is 5.59. The normalized spacial score (nSPS) is 16.1. The molecule has 0 radical (unpaired) electrons. The second kappa shape index (κ2) is 7.87. The number of rotatable bonds is 3. The summed E-state index contributed by atoms with van der Waals surface area (Å²) in [6.07, 6.45) is 8.94. The van der Waals surface area contributed by atoms with Crippen molar-refractivity contribution in [2.45, 2.75) is 42.9 Å².